The van der Waals surface area contributed by atoms with Crippen molar-refractivity contribution in [3.8, 4) is 17.2 Å². The van der Waals surface area contributed by atoms with Crippen molar-refractivity contribution in [2.45, 2.75) is 38.4 Å². The second-order valence-corrected chi connectivity index (χ2v) is 8.36. The van der Waals surface area contributed by atoms with Crippen LogP contribution in [0.15, 0.2) is 45.6 Å². The number of aromatic hydroxyl groups is 1. The van der Waals surface area contributed by atoms with E-state index in [9.17, 15) is 23.1 Å². The molecule has 0 spiro atoms. The van der Waals surface area contributed by atoms with Gasteiger partial charge in [0.2, 0.25) is 11.2 Å². The van der Waals surface area contributed by atoms with Crippen LogP contribution >= 0.6 is 11.6 Å². The quantitative estimate of drug-likeness (QED) is 0.570. The highest BCUT2D eigenvalue weighted by Gasteiger charge is 2.41. The Kier molecular flexibility index (Phi) is 6.35. The molecule has 1 aliphatic rings. The largest absolute Gasteiger partial charge is 0.507 e. The third kappa shape index (κ3) is 4.71. The molecule has 1 saturated heterocycles. The topological polar surface area (TPSA) is 64.1 Å². The molecular formula is C23H22ClF3NO4+. The van der Waals surface area contributed by atoms with Gasteiger partial charge in [0.25, 0.3) is 5.76 Å². The predicted molar refractivity (Wildman–Crippen MR) is 114 cm³/mol. The molecule has 1 aliphatic heterocycles. The van der Waals surface area contributed by atoms with Crippen LogP contribution in [0.5, 0.6) is 17.2 Å². The number of benzene rings is 2. The number of alkyl halides is 3. The fraction of sp³-hybridized carbons (Fsp3) is 0.348. The van der Waals surface area contributed by atoms with Gasteiger partial charge in [-0.05, 0) is 62.1 Å². The highest BCUT2D eigenvalue weighted by Crippen LogP contribution is 2.39. The smallest absolute Gasteiger partial charge is 0.453 e. The SMILES string of the molecule is O=c1c(Oc2ccc(Cl)cc2)c(C(F)(F)F)oc2c(C[NH+]3CCCCCC3)c(O)ccc12. The van der Waals surface area contributed by atoms with Crippen LogP contribution in [-0.2, 0) is 12.7 Å². The minimum absolute atomic E-state index is 0.0135. The van der Waals surface area contributed by atoms with E-state index in [1.807, 2.05) is 0 Å². The maximum atomic E-state index is 13.9. The van der Waals surface area contributed by atoms with Crippen LogP contribution < -0.4 is 15.1 Å². The van der Waals surface area contributed by atoms with Gasteiger partial charge in [-0.1, -0.05) is 11.6 Å². The van der Waals surface area contributed by atoms with E-state index in [0.29, 0.717) is 5.02 Å². The third-order valence-corrected chi connectivity index (χ3v) is 5.88. The molecule has 2 N–H and O–H groups in total. The number of nitrogens with one attached hydrogen (secondary N) is 1. The summed E-state index contributed by atoms with van der Waals surface area (Å²) in [5, 5.41) is 10.7. The molecule has 9 heteroatoms. The van der Waals surface area contributed by atoms with Crippen molar-refractivity contribution in [1.82, 2.24) is 0 Å². The van der Waals surface area contributed by atoms with Crippen molar-refractivity contribution in [3.05, 3.63) is 63.0 Å². The number of hydrogen-bond donors (Lipinski definition) is 2. The molecule has 170 valence electrons. The summed E-state index contributed by atoms with van der Waals surface area (Å²) in [5.74, 6) is -2.68. The van der Waals surface area contributed by atoms with Crippen molar-refractivity contribution in [3.63, 3.8) is 0 Å². The first-order valence-corrected chi connectivity index (χ1v) is 10.8. The summed E-state index contributed by atoms with van der Waals surface area (Å²) in [6.45, 7) is 1.94. The van der Waals surface area contributed by atoms with Gasteiger partial charge in [-0.3, -0.25) is 4.79 Å². The van der Waals surface area contributed by atoms with E-state index >= 15 is 0 Å². The van der Waals surface area contributed by atoms with Gasteiger partial charge in [-0.25, -0.2) is 0 Å². The summed E-state index contributed by atoms with van der Waals surface area (Å²) >= 11 is 5.81. The number of rotatable bonds is 4. The second-order valence-electron chi connectivity index (χ2n) is 7.92. The van der Waals surface area contributed by atoms with Gasteiger partial charge >= 0.3 is 6.18 Å². The first kappa shape index (κ1) is 22.5. The Labute approximate surface area is 187 Å². The van der Waals surface area contributed by atoms with Gasteiger partial charge in [-0.15, -0.1) is 0 Å². The Hall–Kier alpha value is -2.71. The monoisotopic (exact) mass is 468 g/mol. The maximum absolute atomic E-state index is 13.9. The standard InChI is InChI=1S/C23H21ClF3NO4/c24-14-5-7-15(8-6-14)31-21-19(30)16-9-10-18(29)17(13-28-11-3-1-2-4-12-28)20(16)32-22(21)23(25,26)27/h5-10,29H,1-4,11-13H2/p+1. The first-order valence-electron chi connectivity index (χ1n) is 10.4. The van der Waals surface area contributed by atoms with E-state index in [1.54, 1.807) is 0 Å². The molecule has 5 nitrogen and oxygen atoms in total. The molecule has 0 atom stereocenters. The van der Waals surface area contributed by atoms with E-state index in [-0.39, 0.29) is 34.6 Å². The maximum Gasteiger partial charge on any atom is 0.453 e. The fourth-order valence-electron chi connectivity index (χ4n) is 4.01. The summed E-state index contributed by atoms with van der Waals surface area (Å²) in [6, 6.07) is 8.16. The van der Waals surface area contributed by atoms with Crippen molar-refractivity contribution in [1.29, 1.82) is 0 Å². The summed E-state index contributed by atoms with van der Waals surface area (Å²) in [6.07, 6.45) is -0.782. The summed E-state index contributed by atoms with van der Waals surface area (Å²) in [4.78, 5) is 14.2. The highest BCUT2D eigenvalue weighted by atomic mass is 35.5. The summed E-state index contributed by atoms with van der Waals surface area (Å²) < 4.78 is 52.2. The van der Waals surface area contributed by atoms with Crippen LogP contribution in [-0.4, -0.2) is 18.2 Å². The zero-order valence-electron chi connectivity index (χ0n) is 17.1. The lowest BCUT2D eigenvalue weighted by Gasteiger charge is -2.19. The highest BCUT2D eigenvalue weighted by molar-refractivity contribution is 6.30. The van der Waals surface area contributed by atoms with Gasteiger partial charge in [0.1, 0.15) is 18.0 Å². The van der Waals surface area contributed by atoms with E-state index in [0.717, 1.165) is 43.7 Å². The van der Waals surface area contributed by atoms with Crippen molar-refractivity contribution >= 4 is 22.6 Å². The van der Waals surface area contributed by atoms with Crippen LogP contribution in [0, 0.1) is 0 Å². The lowest BCUT2D eigenvalue weighted by atomic mass is 10.1. The predicted octanol–water partition coefficient (Wildman–Crippen LogP) is 4.92. The minimum atomic E-state index is -4.98. The van der Waals surface area contributed by atoms with Gasteiger partial charge in [0.05, 0.1) is 24.0 Å². The zero-order chi connectivity index (χ0) is 22.9. The van der Waals surface area contributed by atoms with Crippen LogP contribution in [0.2, 0.25) is 5.02 Å². The van der Waals surface area contributed by atoms with Gasteiger partial charge < -0.3 is 19.2 Å². The molecule has 0 bridgehead atoms. The van der Waals surface area contributed by atoms with E-state index in [1.165, 1.54) is 36.4 Å². The Morgan fingerprint density at radius 3 is 2.31 bits per heavy atom. The lowest BCUT2D eigenvalue weighted by molar-refractivity contribution is -0.913. The lowest BCUT2D eigenvalue weighted by Crippen LogP contribution is -3.10. The zero-order valence-corrected chi connectivity index (χ0v) is 17.9. The molecule has 2 heterocycles. The number of likely N-dealkylation sites (tertiary alicyclic amines) is 1. The van der Waals surface area contributed by atoms with Gasteiger partial charge in [0.15, 0.2) is 5.58 Å². The number of hydrogen-bond acceptors (Lipinski definition) is 4. The Bertz CT molecular complexity index is 1170. The van der Waals surface area contributed by atoms with Gasteiger partial charge in [0, 0.05) is 5.02 Å². The Morgan fingerprint density at radius 1 is 1.03 bits per heavy atom. The molecule has 0 unspecified atom stereocenters. The fourth-order valence-corrected chi connectivity index (χ4v) is 4.14. The van der Waals surface area contributed by atoms with E-state index in [2.05, 4.69) is 0 Å². The normalized spacial score (nSPS) is 15.6. The van der Waals surface area contributed by atoms with Gasteiger partial charge in [-0.2, -0.15) is 13.2 Å². The average Bonchev–Trinajstić information content (AvgIpc) is 3.01. The number of ether oxygens (including phenoxy) is 1. The van der Waals surface area contributed by atoms with Crippen LogP contribution in [0.4, 0.5) is 13.2 Å². The second kappa shape index (κ2) is 9.03. The molecule has 0 saturated carbocycles. The molecule has 2 aromatic carbocycles. The van der Waals surface area contributed by atoms with E-state index < -0.39 is 23.1 Å². The van der Waals surface area contributed by atoms with Crippen LogP contribution in [0.1, 0.15) is 37.0 Å². The van der Waals surface area contributed by atoms with Crippen LogP contribution in [0.3, 0.4) is 0 Å². The third-order valence-electron chi connectivity index (χ3n) is 5.63. The summed E-state index contributed by atoms with van der Waals surface area (Å²) in [5.41, 5.74) is -1.02. The van der Waals surface area contributed by atoms with E-state index in [4.69, 9.17) is 20.8 Å². The average molecular weight is 469 g/mol. The molecule has 1 aromatic heterocycles. The molecule has 0 amide bonds. The number of phenols is 1. The number of phenolic OH excluding ortho intramolecular Hbond substituents is 1. The number of fused-ring (bicyclic) bond motifs is 1. The molecule has 4 rings (SSSR count). The summed E-state index contributed by atoms with van der Waals surface area (Å²) in [7, 11) is 0. The van der Waals surface area contributed by atoms with Crippen molar-refractivity contribution < 1.29 is 32.3 Å². The molecule has 3 aromatic rings. The molecule has 1 fully saturated rings. The van der Waals surface area contributed by atoms with Crippen molar-refractivity contribution in [2.24, 2.45) is 0 Å². The molecule has 0 radical (unpaired) electrons. The van der Waals surface area contributed by atoms with Crippen LogP contribution in [0.25, 0.3) is 11.0 Å². The minimum Gasteiger partial charge on any atom is -0.507 e. The number of halogens is 4. The van der Waals surface area contributed by atoms with Crippen molar-refractivity contribution in [2.75, 3.05) is 13.1 Å². The Balaban J connectivity index is 1.85. The number of quaternary nitrogens is 1. The molecule has 32 heavy (non-hydrogen) atoms. The molecular weight excluding hydrogens is 447 g/mol. The first-order chi connectivity index (χ1) is 15.2. The molecule has 0 aliphatic carbocycles. The Morgan fingerprint density at radius 2 is 1.69 bits per heavy atom.